The molecule has 1 radical (unpaired) electrons. The fraction of sp³-hybridized carbons (Fsp3) is 0.333. The summed E-state index contributed by atoms with van der Waals surface area (Å²) in [5.41, 5.74) is 0. The van der Waals surface area contributed by atoms with Gasteiger partial charge in [-0.05, 0) is 18.2 Å². The minimum Gasteiger partial charge on any atom is -0.410 e. The number of nitrogens with zero attached hydrogens (tertiary/aromatic N) is 2. The van der Waals surface area contributed by atoms with Crippen LogP contribution < -0.4 is 9.47 Å². The molecule has 0 aliphatic rings. The van der Waals surface area contributed by atoms with E-state index in [1.54, 1.807) is 28.2 Å². The molecule has 97 valence electrons. The molecule has 0 heterocycles. The zero-order chi connectivity index (χ0) is 13.7. The van der Waals surface area contributed by atoms with Crippen LogP contribution in [0.5, 0.6) is 11.5 Å². The Labute approximate surface area is 106 Å². The molecule has 1 aromatic rings. The predicted octanol–water partition coefficient (Wildman–Crippen LogP) is 1.61. The van der Waals surface area contributed by atoms with Crippen LogP contribution in [0.2, 0.25) is 0 Å². The molecule has 6 heteroatoms. The first kappa shape index (κ1) is 13.8. The Hall–Kier alpha value is -2.24. The lowest BCUT2D eigenvalue weighted by molar-refractivity contribution is 0.170. The molecule has 1 rings (SSSR count). The van der Waals surface area contributed by atoms with Crippen molar-refractivity contribution in [3.63, 3.8) is 0 Å². The molecule has 0 spiro atoms. The Kier molecular flexibility index (Phi) is 4.53. The lowest BCUT2D eigenvalue weighted by Crippen LogP contribution is -2.26. The molecule has 0 unspecified atom stereocenters. The number of amides is 2. The van der Waals surface area contributed by atoms with Crippen LogP contribution in [0.4, 0.5) is 9.59 Å². The van der Waals surface area contributed by atoms with Crippen LogP contribution in [0, 0.1) is 6.07 Å². The highest BCUT2D eigenvalue weighted by molar-refractivity contribution is 5.71. The maximum atomic E-state index is 11.3. The van der Waals surface area contributed by atoms with Crippen LogP contribution in [0.15, 0.2) is 18.2 Å². The highest BCUT2D eigenvalue weighted by Crippen LogP contribution is 2.19. The van der Waals surface area contributed by atoms with Crippen molar-refractivity contribution in [2.24, 2.45) is 0 Å². The second-order valence-corrected chi connectivity index (χ2v) is 3.93. The van der Waals surface area contributed by atoms with Crippen LogP contribution in [0.1, 0.15) is 0 Å². The number of ether oxygens (including phenoxy) is 2. The van der Waals surface area contributed by atoms with Crippen LogP contribution in [-0.4, -0.2) is 50.2 Å². The van der Waals surface area contributed by atoms with E-state index in [2.05, 4.69) is 6.07 Å². The molecule has 0 saturated carbocycles. The molecule has 6 nitrogen and oxygen atoms in total. The van der Waals surface area contributed by atoms with E-state index in [1.807, 2.05) is 0 Å². The van der Waals surface area contributed by atoms with Gasteiger partial charge in [-0.15, -0.1) is 0 Å². The van der Waals surface area contributed by atoms with Gasteiger partial charge in [-0.3, -0.25) is 0 Å². The first-order valence-electron chi connectivity index (χ1n) is 5.19. The average molecular weight is 251 g/mol. The van der Waals surface area contributed by atoms with Gasteiger partial charge in [0.05, 0.1) is 0 Å². The molecule has 0 saturated heterocycles. The lowest BCUT2D eigenvalue weighted by Gasteiger charge is -2.13. The summed E-state index contributed by atoms with van der Waals surface area (Å²) in [6.45, 7) is 0. The Morgan fingerprint density at radius 2 is 1.33 bits per heavy atom. The van der Waals surface area contributed by atoms with E-state index >= 15 is 0 Å². The monoisotopic (exact) mass is 251 g/mol. The van der Waals surface area contributed by atoms with Crippen molar-refractivity contribution in [2.45, 2.75) is 0 Å². The first-order valence-corrected chi connectivity index (χ1v) is 5.19. The van der Waals surface area contributed by atoms with Gasteiger partial charge in [-0.25, -0.2) is 9.59 Å². The molecule has 0 atom stereocenters. The third kappa shape index (κ3) is 3.97. The summed E-state index contributed by atoms with van der Waals surface area (Å²) in [6, 6.07) is 7.13. The minimum absolute atomic E-state index is 0.262. The van der Waals surface area contributed by atoms with Crippen LogP contribution >= 0.6 is 0 Å². The van der Waals surface area contributed by atoms with Crippen molar-refractivity contribution >= 4 is 12.2 Å². The van der Waals surface area contributed by atoms with E-state index < -0.39 is 12.2 Å². The van der Waals surface area contributed by atoms with Crippen molar-refractivity contribution in [1.29, 1.82) is 0 Å². The molecule has 0 aliphatic heterocycles. The Morgan fingerprint density at radius 3 is 1.67 bits per heavy atom. The summed E-state index contributed by atoms with van der Waals surface area (Å²) in [5, 5.41) is 0. The maximum absolute atomic E-state index is 11.3. The van der Waals surface area contributed by atoms with E-state index in [0.717, 1.165) is 0 Å². The molecule has 2 amide bonds. The summed E-state index contributed by atoms with van der Waals surface area (Å²) >= 11 is 0. The molecule has 0 aliphatic carbocycles. The average Bonchev–Trinajstić information content (AvgIpc) is 2.29. The summed E-state index contributed by atoms with van der Waals surface area (Å²) in [6.07, 6.45) is -1.03. The van der Waals surface area contributed by atoms with Gasteiger partial charge in [-0.2, -0.15) is 0 Å². The molecule has 0 bridgehead atoms. The molecule has 1 aromatic carbocycles. The maximum Gasteiger partial charge on any atom is 0.414 e. The molecule has 0 fully saturated rings. The van der Waals surface area contributed by atoms with Crippen molar-refractivity contribution < 1.29 is 19.1 Å². The van der Waals surface area contributed by atoms with Gasteiger partial charge in [0.2, 0.25) is 0 Å². The molecule has 18 heavy (non-hydrogen) atoms. The van der Waals surface area contributed by atoms with Crippen LogP contribution in [0.25, 0.3) is 0 Å². The van der Waals surface area contributed by atoms with Crippen LogP contribution in [-0.2, 0) is 0 Å². The van der Waals surface area contributed by atoms with Crippen molar-refractivity contribution in [3.05, 3.63) is 24.3 Å². The molecule has 0 N–H and O–H groups in total. The number of carbonyl (C=O) groups excluding carboxylic acids is 2. The van der Waals surface area contributed by atoms with Crippen molar-refractivity contribution in [1.82, 2.24) is 9.80 Å². The number of benzene rings is 1. The zero-order valence-corrected chi connectivity index (χ0v) is 10.8. The summed E-state index contributed by atoms with van der Waals surface area (Å²) in [7, 11) is 6.29. The summed E-state index contributed by atoms with van der Waals surface area (Å²) in [4.78, 5) is 25.2. The fourth-order valence-corrected chi connectivity index (χ4v) is 0.932. The highest BCUT2D eigenvalue weighted by atomic mass is 16.6. The first-order chi connectivity index (χ1) is 8.40. The quantitative estimate of drug-likeness (QED) is 0.801. The second-order valence-electron chi connectivity index (χ2n) is 3.93. The smallest absolute Gasteiger partial charge is 0.410 e. The SMILES string of the molecule is CN(C)C(=O)Oc1c[c]cc(OC(=O)N(C)C)c1. The normalized spacial score (nSPS) is 9.56. The van der Waals surface area contributed by atoms with Crippen LogP contribution in [0.3, 0.4) is 0 Å². The van der Waals surface area contributed by atoms with E-state index in [9.17, 15) is 9.59 Å². The number of hydrogen-bond donors (Lipinski definition) is 0. The van der Waals surface area contributed by atoms with Gasteiger partial charge in [0, 0.05) is 34.3 Å². The van der Waals surface area contributed by atoms with Gasteiger partial charge in [0.15, 0.2) is 0 Å². The number of carbonyl (C=O) groups is 2. The van der Waals surface area contributed by atoms with Gasteiger partial charge in [0.1, 0.15) is 11.5 Å². The minimum atomic E-state index is -0.514. The Morgan fingerprint density at radius 1 is 0.944 bits per heavy atom. The summed E-state index contributed by atoms with van der Waals surface area (Å²) < 4.78 is 10.0. The van der Waals surface area contributed by atoms with Crippen molar-refractivity contribution in [2.75, 3.05) is 28.2 Å². The van der Waals surface area contributed by atoms with Gasteiger partial charge in [0.25, 0.3) is 0 Å². The molecular formula is C12H15N2O4. The Bertz CT molecular complexity index is 406. The zero-order valence-electron chi connectivity index (χ0n) is 10.8. The van der Waals surface area contributed by atoms with Gasteiger partial charge >= 0.3 is 12.2 Å². The van der Waals surface area contributed by atoms with E-state index in [1.165, 1.54) is 28.0 Å². The predicted molar refractivity (Wildman–Crippen MR) is 64.7 cm³/mol. The van der Waals surface area contributed by atoms with E-state index in [0.29, 0.717) is 0 Å². The van der Waals surface area contributed by atoms with Gasteiger partial charge < -0.3 is 19.3 Å². The van der Waals surface area contributed by atoms with E-state index in [4.69, 9.17) is 9.47 Å². The second kappa shape index (κ2) is 5.90. The van der Waals surface area contributed by atoms with Crippen molar-refractivity contribution in [3.8, 4) is 11.5 Å². The third-order valence-corrected chi connectivity index (χ3v) is 1.88. The molecular weight excluding hydrogens is 236 g/mol. The lowest BCUT2D eigenvalue weighted by atomic mass is 10.3. The van der Waals surface area contributed by atoms with Gasteiger partial charge in [-0.1, -0.05) is 0 Å². The highest BCUT2D eigenvalue weighted by Gasteiger charge is 2.10. The molecule has 0 aromatic heterocycles. The number of hydrogen-bond acceptors (Lipinski definition) is 4. The fourth-order valence-electron chi connectivity index (χ4n) is 0.932. The topological polar surface area (TPSA) is 59.1 Å². The standard InChI is InChI=1S/C12H15N2O4/c1-13(2)11(15)17-9-6-5-7-10(8-9)18-12(16)14(3)4/h6-8H,1-4H3. The number of rotatable bonds is 2. The Balaban J connectivity index is 2.74. The van der Waals surface area contributed by atoms with E-state index in [-0.39, 0.29) is 11.5 Å². The largest absolute Gasteiger partial charge is 0.414 e. The summed E-state index contributed by atoms with van der Waals surface area (Å²) in [5.74, 6) is 0.524. The third-order valence-electron chi connectivity index (χ3n) is 1.88.